The Balaban J connectivity index is 1.59. The molecule has 1 heterocycles. The summed E-state index contributed by atoms with van der Waals surface area (Å²) in [5.41, 5.74) is 3.73. The van der Waals surface area contributed by atoms with E-state index < -0.39 is 5.91 Å². The summed E-state index contributed by atoms with van der Waals surface area (Å²) in [6.07, 6.45) is 1.43. The molecular weight excluding hydrogens is 397 g/mol. The van der Waals surface area contributed by atoms with E-state index in [-0.39, 0.29) is 6.61 Å². The minimum Gasteiger partial charge on any atom is -0.482 e. The third-order valence-corrected chi connectivity index (χ3v) is 4.18. The van der Waals surface area contributed by atoms with Crippen LogP contribution in [0.15, 0.2) is 53.6 Å². The molecule has 0 fully saturated rings. The molecule has 8 heteroatoms. The van der Waals surface area contributed by atoms with Crippen molar-refractivity contribution in [3.63, 3.8) is 0 Å². The van der Waals surface area contributed by atoms with Crippen LogP contribution in [0.3, 0.4) is 0 Å². The standard InChI is InChI=1S/C18H12Cl3N3O2/c19-13-5-6-16(14(20)8-13)26-10-17(25)24-22-9-12-7-11-3-1-2-4-15(11)23-18(12)21/h1-9H,10H2,(H,24,25)/b22-9-. The van der Waals surface area contributed by atoms with E-state index in [4.69, 9.17) is 39.5 Å². The second-order valence-electron chi connectivity index (χ2n) is 5.22. The Bertz CT molecular complexity index is 993. The van der Waals surface area contributed by atoms with Gasteiger partial charge in [-0.2, -0.15) is 5.10 Å². The van der Waals surface area contributed by atoms with Crippen molar-refractivity contribution in [2.24, 2.45) is 5.10 Å². The Hall–Kier alpha value is -2.34. The molecule has 0 spiro atoms. The maximum absolute atomic E-state index is 11.8. The molecule has 132 valence electrons. The van der Waals surface area contributed by atoms with E-state index in [0.29, 0.717) is 26.5 Å². The number of pyridine rings is 1. The van der Waals surface area contributed by atoms with Gasteiger partial charge >= 0.3 is 0 Å². The van der Waals surface area contributed by atoms with Crippen LogP contribution in [0.5, 0.6) is 5.75 Å². The molecule has 5 nitrogen and oxygen atoms in total. The molecule has 0 atom stereocenters. The zero-order chi connectivity index (χ0) is 18.5. The Morgan fingerprint density at radius 3 is 2.77 bits per heavy atom. The molecule has 1 N–H and O–H groups in total. The zero-order valence-corrected chi connectivity index (χ0v) is 15.5. The number of nitrogens with one attached hydrogen (secondary N) is 1. The highest BCUT2D eigenvalue weighted by molar-refractivity contribution is 6.35. The molecule has 0 saturated heterocycles. The summed E-state index contributed by atoms with van der Waals surface area (Å²) >= 11 is 17.9. The van der Waals surface area contributed by atoms with Crippen LogP contribution in [0.2, 0.25) is 15.2 Å². The van der Waals surface area contributed by atoms with Crippen LogP contribution >= 0.6 is 34.8 Å². The van der Waals surface area contributed by atoms with Crippen molar-refractivity contribution < 1.29 is 9.53 Å². The topological polar surface area (TPSA) is 63.6 Å². The van der Waals surface area contributed by atoms with Gasteiger partial charge in [0.2, 0.25) is 0 Å². The van der Waals surface area contributed by atoms with Crippen molar-refractivity contribution >= 4 is 57.8 Å². The molecule has 0 radical (unpaired) electrons. The monoisotopic (exact) mass is 407 g/mol. The first-order valence-corrected chi connectivity index (χ1v) is 8.61. The van der Waals surface area contributed by atoms with E-state index in [0.717, 1.165) is 10.9 Å². The number of benzene rings is 2. The van der Waals surface area contributed by atoms with Gasteiger partial charge in [0.05, 0.1) is 16.8 Å². The Kier molecular flexibility index (Phi) is 5.93. The summed E-state index contributed by atoms with van der Waals surface area (Å²) in [4.78, 5) is 16.1. The second kappa shape index (κ2) is 8.36. The smallest absolute Gasteiger partial charge is 0.277 e. The number of hydrogen-bond donors (Lipinski definition) is 1. The van der Waals surface area contributed by atoms with Gasteiger partial charge in [-0.1, -0.05) is 53.0 Å². The highest BCUT2D eigenvalue weighted by atomic mass is 35.5. The van der Waals surface area contributed by atoms with E-state index in [1.165, 1.54) is 12.3 Å². The third kappa shape index (κ3) is 4.64. The first-order valence-electron chi connectivity index (χ1n) is 7.48. The molecule has 2 aromatic carbocycles. The number of carbonyl (C=O) groups excluding carboxylic acids is 1. The number of ether oxygens (including phenoxy) is 1. The van der Waals surface area contributed by atoms with Crippen molar-refractivity contribution in [3.8, 4) is 5.75 Å². The summed E-state index contributed by atoms with van der Waals surface area (Å²) in [6.45, 7) is -0.248. The molecule has 1 aromatic heterocycles. The van der Waals surface area contributed by atoms with Gasteiger partial charge in [0.15, 0.2) is 6.61 Å². The number of halogens is 3. The number of rotatable bonds is 5. The molecule has 0 aliphatic carbocycles. The van der Waals surface area contributed by atoms with Gasteiger partial charge in [0.25, 0.3) is 5.91 Å². The van der Waals surface area contributed by atoms with Crippen LogP contribution < -0.4 is 10.2 Å². The quantitative estimate of drug-likeness (QED) is 0.377. The molecular formula is C18H12Cl3N3O2. The molecule has 0 bridgehead atoms. The summed E-state index contributed by atoms with van der Waals surface area (Å²) in [6, 6.07) is 14.1. The van der Waals surface area contributed by atoms with Gasteiger partial charge in [-0.05, 0) is 30.3 Å². The summed E-state index contributed by atoms with van der Waals surface area (Å²) < 4.78 is 5.32. The van der Waals surface area contributed by atoms with Crippen LogP contribution in [0.25, 0.3) is 10.9 Å². The maximum atomic E-state index is 11.8. The minimum atomic E-state index is -0.447. The van der Waals surface area contributed by atoms with Crippen LogP contribution in [0.4, 0.5) is 0 Å². The van der Waals surface area contributed by atoms with Gasteiger partial charge in [-0.3, -0.25) is 4.79 Å². The maximum Gasteiger partial charge on any atom is 0.277 e. The number of para-hydroxylation sites is 1. The molecule has 0 aliphatic heterocycles. The van der Waals surface area contributed by atoms with E-state index >= 15 is 0 Å². The zero-order valence-electron chi connectivity index (χ0n) is 13.2. The molecule has 3 rings (SSSR count). The number of nitrogens with zero attached hydrogens (tertiary/aromatic N) is 2. The van der Waals surface area contributed by atoms with E-state index in [1.54, 1.807) is 12.1 Å². The number of aromatic nitrogens is 1. The van der Waals surface area contributed by atoms with E-state index in [9.17, 15) is 4.79 Å². The summed E-state index contributed by atoms with van der Waals surface area (Å²) in [5, 5.41) is 5.90. The molecule has 0 unspecified atom stereocenters. The average Bonchev–Trinajstić information content (AvgIpc) is 2.61. The third-order valence-electron chi connectivity index (χ3n) is 3.35. The minimum absolute atomic E-state index is 0.248. The fraction of sp³-hybridized carbons (Fsp3) is 0.0556. The fourth-order valence-electron chi connectivity index (χ4n) is 2.14. The number of hydrazone groups is 1. The Labute approximate surface area is 164 Å². The first kappa shape index (κ1) is 18.5. The molecule has 0 saturated carbocycles. The highest BCUT2D eigenvalue weighted by Crippen LogP contribution is 2.27. The number of amides is 1. The predicted molar refractivity (Wildman–Crippen MR) is 104 cm³/mol. The lowest BCUT2D eigenvalue weighted by Gasteiger charge is -2.07. The van der Waals surface area contributed by atoms with Crippen molar-refractivity contribution in [2.45, 2.75) is 0 Å². The highest BCUT2D eigenvalue weighted by Gasteiger charge is 2.06. The Morgan fingerprint density at radius 2 is 1.96 bits per heavy atom. The molecule has 3 aromatic rings. The Morgan fingerprint density at radius 1 is 1.15 bits per heavy atom. The average molecular weight is 409 g/mol. The van der Waals surface area contributed by atoms with Crippen molar-refractivity contribution in [1.82, 2.24) is 10.4 Å². The lowest BCUT2D eigenvalue weighted by molar-refractivity contribution is -0.123. The van der Waals surface area contributed by atoms with Crippen LogP contribution in [0, 0.1) is 0 Å². The number of hydrogen-bond acceptors (Lipinski definition) is 4. The van der Waals surface area contributed by atoms with Gasteiger partial charge in [0.1, 0.15) is 10.9 Å². The SMILES string of the molecule is O=C(COc1ccc(Cl)cc1Cl)N/N=C\c1cc2ccccc2nc1Cl. The van der Waals surface area contributed by atoms with Crippen molar-refractivity contribution in [1.29, 1.82) is 0 Å². The normalized spacial score (nSPS) is 11.0. The van der Waals surface area contributed by atoms with Crippen molar-refractivity contribution in [3.05, 3.63) is 69.3 Å². The van der Waals surface area contributed by atoms with Gasteiger partial charge < -0.3 is 4.74 Å². The number of fused-ring (bicyclic) bond motifs is 1. The largest absolute Gasteiger partial charge is 0.482 e. The first-order chi connectivity index (χ1) is 12.5. The van der Waals surface area contributed by atoms with Gasteiger partial charge in [-0.25, -0.2) is 10.4 Å². The van der Waals surface area contributed by atoms with Crippen LogP contribution in [0.1, 0.15) is 5.56 Å². The second-order valence-corrected chi connectivity index (χ2v) is 6.42. The summed E-state index contributed by atoms with van der Waals surface area (Å²) in [7, 11) is 0. The molecule has 1 amide bonds. The van der Waals surface area contributed by atoms with Crippen molar-refractivity contribution in [2.75, 3.05) is 6.61 Å². The predicted octanol–water partition coefficient (Wildman–Crippen LogP) is 4.72. The number of carbonyl (C=O) groups is 1. The van der Waals surface area contributed by atoms with Crippen LogP contribution in [-0.2, 0) is 4.79 Å². The van der Waals surface area contributed by atoms with Gasteiger partial charge in [-0.15, -0.1) is 0 Å². The molecule has 0 aliphatic rings. The lowest BCUT2D eigenvalue weighted by Crippen LogP contribution is -2.24. The fourth-order valence-corrected chi connectivity index (χ4v) is 2.80. The molecule has 26 heavy (non-hydrogen) atoms. The van der Waals surface area contributed by atoms with Crippen LogP contribution in [-0.4, -0.2) is 23.7 Å². The van der Waals surface area contributed by atoms with Gasteiger partial charge in [0, 0.05) is 16.0 Å². The van der Waals surface area contributed by atoms with E-state index in [1.807, 2.05) is 30.3 Å². The lowest BCUT2D eigenvalue weighted by atomic mass is 10.2. The van der Waals surface area contributed by atoms with E-state index in [2.05, 4.69) is 15.5 Å². The summed E-state index contributed by atoms with van der Waals surface area (Å²) in [5.74, 6) is -0.0888.